The van der Waals surface area contributed by atoms with E-state index >= 15 is 0 Å². The van der Waals surface area contributed by atoms with Crippen LogP contribution in [0.1, 0.15) is 32.4 Å². The van der Waals surface area contributed by atoms with Crippen molar-refractivity contribution in [2.75, 3.05) is 6.54 Å². The molecule has 2 heterocycles. The summed E-state index contributed by atoms with van der Waals surface area (Å²) in [6.07, 6.45) is 3.27. The van der Waals surface area contributed by atoms with Crippen LogP contribution in [0.25, 0.3) is 0 Å². The summed E-state index contributed by atoms with van der Waals surface area (Å²) in [5.41, 5.74) is 0. The van der Waals surface area contributed by atoms with Crippen LogP contribution in [-0.4, -0.2) is 40.6 Å². The van der Waals surface area contributed by atoms with E-state index in [-0.39, 0.29) is 24.0 Å². The zero-order valence-electron chi connectivity index (χ0n) is 12.4. The maximum absolute atomic E-state index is 12.3. The van der Waals surface area contributed by atoms with E-state index in [2.05, 4.69) is 5.32 Å². The molecule has 0 saturated carbocycles. The number of likely N-dealkylation sites (tertiary alicyclic amines) is 1. The lowest BCUT2D eigenvalue weighted by Gasteiger charge is -2.36. The normalized spacial score (nSPS) is 23.6. The van der Waals surface area contributed by atoms with Crippen LogP contribution in [0.4, 0.5) is 4.79 Å². The summed E-state index contributed by atoms with van der Waals surface area (Å²) in [5, 5.41) is 12.0. The number of carboxylic acid groups (broad SMARTS) is 1. The second kappa shape index (κ2) is 6.65. The van der Waals surface area contributed by atoms with E-state index in [1.807, 2.05) is 26.0 Å². The first kappa shape index (κ1) is 15.4. The Bertz CT molecular complexity index is 486. The van der Waals surface area contributed by atoms with Gasteiger partial charge in [-0.3, -0.25) is 4.79 Å². The molecule has 1 aromatic heterocycles. The summed E-state index contributed by atoms with van der Waals surface area (Å²) in [4.78, 5) is 25.0. The van der Waals surface area contributed by atoms with E-state index in [1.165, 1.54) is 0 Å². The maximum atomic E-state index is 12.3. The number of nitrogens with one attached hydrogen (secondary N) is 1. The molecular formula is C15H22N2O4. The van der Waals surface area contributed by atoms with Gasteiger partial charge < -0.3 is 19.7 Å². The third kappa shape index (κ3) is 4.00. The first-order valence-corrected chi connectivity index (χ1v) is 7.29. The van der Waals surface area contributed by atoms with Crippen molar-refractivity contribution in [2.45, 2.75) is 45.2 Å². The average molecular weight is 294 g/mol. The van der Waals surface area contributed by atoms with E-state index in [9.17, 15) is 9.59 Å². The number of nitrogens with zero attached hydrogens (tertiary/aromatic N) is 1. The van der Waals surface area contributed by atoms with E-state index in [0.717, 1.165) is 5.76 Å². The molecule has 0 spiro atoms. The minimum absolute atomic E-state index is 0.0342. The smallest absolute Gasteiger partial charge is 0.317 e. The van der Waals surface area contributed by atoms with Crippen molar-refractivity contribution >= 4 is 12.0 Å². The van der Waals surface area contributed by atoms with E-state index in [4.69, 9.17) is 9.52 Å². The van der Waals surface area contributed by atoms with Crippen LogP contribution in [0.2, 0.25) is 0 Å². The van der Waals surface area contributed by atoms with Gasteiger partial charge in [0.15, 0.2) is 0 Å². The Morgan fingerprint density at radius 2 is 2.33 bits per heavy atom. The minimum Gasteiger partial charge on any atom is -0.481 e. The van der Waals surface area contributed by atoms with Gasteiger partial charge in [-0.2, -0.15) is 0 Å². The molecule has 2 amide bonds. The number of piperidine rings is 1. The van der Waals surface area contributed by atoms with Crippen molar-refractivity contribution in [3.63, 3.8) is 0 Å². The molecule has 2 rings (SSSR count). The molecule has 116 valence electrons. The van der Waals surface area contributed by atoms with Crippen molar-refractivity contribution in [3.05, 3.63) is 24.2 Å². The standard InChI is InChI=1S/C15H22N2O4/c1-10(8-13-4-3-7-21-13)16-15(20)17-6-5-12(14(18)19)9-11(17)2/h3-4,7,10-12H,5-6,8-9H2,1-2H3,(H,16,20)(H,18,19). The number of hydrogen-bond acceptors (Lipinski definition) is 3. The Labute approximate surface area is 124 Å². The Morgan fingerprint density at radius 3 is 2.90 bits per heavy atom. The summed E-state index contributed by atoms with van der Waals surface area (Å²) in [6, 6.07) is 3.47. The number of carbonyl (C=O) groups is 2. The van der Waals surface area contributed by atoms with E-state index in [0.29, 0.717) is 25.8 Å². The summed E-state index contributed by atoms with van der Waals surface area (Å²) in [6.45, 7) is 4.30. The number of carbonyl (C=O) groups excluding carboxylic acids is 1. The molecular weight excluding hydrogens is 272 g/mol. The van der Waals surface area contributed by atoms with Crippen LogP contribution in [0.3, 0.4) is 0 Å². The Morgan fingerprint density at radius 1 is 1.57 bits per heavy atom. The highest BCUT2D eigenvalue weighted by atomic mass is 16.4. The highest BCUT2D eigenvalue weighted by molar-refractivity contribution is 5.76. The molecule has 1 aliphatic rings. The Hall–Kier alpha value is -1.98. The lowest BCUT2D eigenvalue weighted by atomic mass is 9.92. The lowest BCUT2D eigenvalue weighted by Crippen LogP contribution is -2.52. The molecule has 0 bridgehead atoms. The van der Waals surface area contributed by atoms with Crippen molar-refractivity contribution in [1.82, 2.24) is 10.2 Å². The zero-order valence-corrected chi connectivity index (χ0v) is 12.4. The highest BCUT2D eigenvalue weighted by Crippen LogP contribution is 2.23. The molecule has 0 aromatic carbocycles. The van der Waals surface area contributed by atoms with Gasteiger partial charge in [0.05, 0.1) is 12.2 Å². The number of urea groups is 1. The van der Waals surface area contributed by atoms with Crippen LogP contribution in [-0.2, 0) is 11.2 Å². The van der Waals surface area contributed by atoms with E-state index in [1.54, 1.807) is 11.2 Å². The summed E-state index contributed by atoms with van der Waals surface area (Å²) >= 11 is 0. The van der Waals surface area contributed by atoms with Gasteiger partial charge in [0.1, 0.15) is 5.76 Å². The molecule has 3 atom stereocenters. The lowest BCUT2D eigenvalue weighted by molar-refractivity contribution is -0.143. The van der Waals surface area contributed by atoms with Crippen LogP contribution >= 0.6 is 0 Å². The molecule has 1 aromatic rings. The monoisotopic (exact) mass is 294 g/mol. The van der Waals surface area contributed by atoms with Crippen LogP contribution in [0.5, 0.6) is 0 Å². The van der Waals surface area contributed by atoms with E-state index < -0.39 is 5.97 Å². The maximum Gasteiger partial charge on any atom is 0.317 e. The topological polar surface area (TPSA) is 82.8 Å². The highest BCUT2D eigenvalue weighted by Gasteiger charge is 2.32. The average Bonchev–Trinajstić information content (AvgIpc) is 2.90. The van der Waals surface area contributed by atoms with Crippen molar-refractivity contribution in [1.29, 1.82) is 0 Å². The van der Waals surface area contributed by atoms with Gasteiger partial charge in [-0.25, -0.2) is 4.79 Å². The van der Waals surface area contributed by atoms with Gasteiger partial charge in [-0.1, -0.05) is 0 Å². The summed E-state index contributed by atoms with van der Waals surface area (Å²) in [7, 11) is 0. The van der Waals surface area contributed by atoms with Crippen LogP contribution in [0.15, 0.2) is 22.8 Å². The van der Waals surface area contributed by atoms with Gasteiger partial charge in [0, 0.05) is 25.0 Å². The SMILES string of the molecule is CC(Cc1ccco1)NC(=O)N1CCC(C(=O)O)CC1C. The molecule has 1 aliphatic heterocycles. The quantitative estimate of drug-likeness (QED) is 0.891. The van der Waals surface area contributed by atoms with Crippen LogP contribution < -0.4 is 5.32 Å². The van der Waals surface area contributed by atoms with Gasteiger partial charge in [-0.15, -0.1) is 0 Å². The predicted molar refractivity (Wildman–Crippen MR) is 76.9 cm³/mol. The molecule has 2 N–H and O–H groups in total. The summed E-state index contributed by atoms with van der Waals surface area (Å²) < 4.78 is 5.26. The van der Waals surface area contributed by atoms with Crippen molar-refractivity contribution in [2.24, 2.45) is 5.92 Å². The van der Waals surface area contributed by atoms with Crippen molar-refractivity contribution < 1.29 is 19.1 Å². The van der Waals surface area contributed by atoms with Gasteiger partial charge in [0.2, 0.25) is 0 Å². The Balaban J connectivity index is 1.84. The molecule has 0 aliphatic carbocycles. The van der Waals surface area contributed by atoms with Crippen molar-refractivity contribution in [3.8, 4) is 0 Å². The molecule has 21 heavy (non-hydrogen) atoms. The summed E-state index contributed by atoms with van der Waals surface area (Å²) in [5.74, 6) is -0.280. The fourth-order valence-corrected chi connectivity index (χ4v) is 2.77. The molecule has 3 unspecified atom stereocenters. The molecule has 1 fully saturated rings. The van der Waals surface area contributed by atoms with Crippen LogP contribution in [0, 0.1) is 5.92 Å². The van der Waals surface area contributed by atoms with Gasteiger partial charge in [0.25, 0.3) is 0 Å². The predicted octanol–water partition coefficient (Wildman–Crippen LogP) is 2.11. The van der Waals surface area contributed by atoms with Gasteiger partial charge in [-0.05, 0) is 38.8 Å². The minimum atomic E-state index is -0.770. The fourth-order valence-electron chi connectivity index (χ4n) is 2.77. The Kier molecular flexibility index (Phi) is 4.88. The third-order valence-corrected chi connectivity index (χ3v) is 3.94. The first-order chi connectivity index (χ1) is 9.97. The van der Waals surface area contributed by atoms with Gasteiger partial charge >= 0.3 is 12.0 Å². The number of hydrogen-bond donors (Lipinski definition) is 2. The number of amides is 2. The molecule has 6 nitrogen and oxygen atoms in total. The number of carboxylic acids is 1. The number of rotatable bonds is 4. The fraction of sp³-hybridized carbons (Fsp3) is 0.600. The first-order valence-electron chi connectivity index (χ1n) is 7.29. The molecule has 0 radical (unpaired) electrons. The second-order valence-electron chi connectivity index (χ2n) is 5.74. The molecule has 1 saturated heterocycles. The second-order valence-corrected chi connectivity index (χ2v) is 5.74. The largest absolute Gasteiger partial charge is 0.481 e. The molecule has 6 heteroatoms. The zero-order chi connectivity index (χ0) is 15.4. The number of aliphatic carboxylic acids is 1. The number of furan rings is 1. The third-order valence-electron chi connectivity index (χ3n) is 3.94.